The maximum absolute atomic E-state index is 4.46. The highest BCUT2D eigenvalue weighted by atomic mass is 28.3. The maximum Gasteiger partial charge on any atom is 0.176 e. The zero-order chi connectivity index (χ0) is 13.9. The quantitative estimate of drug-likeness (QED) is 0.712. The minimum Gasteiger partial charge on any atom is -0.299 e. The Morgan fingerprint density at radius 3 is 1.89 bits per heavy atom. The van der Waals surface area contributed by atoms with Crippen molar-refractivity contribution in [1.82, 2.24) is 9.45 Å². The van der Waals surface area contributed by atoms with Crippen LogP contribution in [0.5, 0.6) is 0 Å². The van der Waals surface area contributed by atoms with Gasteiger partial charge in [-0.2, -0.15) is 5.10 Å². The predicted molar refractivity (Wildman–Crippen MR) is 82.2 cm³/mol. The third-order valence-corrected chi connectivity index (χ3v) is 4.40. The molecule has 0 saturated heterocycles. The van der Waals surface area contributed by atoms with Crippen LogP contribution in [0.25, 0.3) is 0 Å². The summed E-state index contributed by atoms with van der Waals surface area (Å²) in [6, 6.07) is 2.14. The van der Waals surface area contributed by atoms with Crippen molar-refractivity contribution in [2.24, 2.45) is 4.99 Å². The standard InChI is InChI=1S/C8H16N2Si.C6H9N/c1-7-6-8(2)10(9-7)11(3,4)5;1-5-3-6(2)7-4-5/h6H,1-5H3;3H,4H2,1-2H3. The molecule has 100 valence electrons. The summed E-state index contributed by atoms with van der Waals surface area (Å²) in [6.07, 6.45) is 2.11. The molecule has 2 rings (SSSR count). The zero-order valence-electron chi connectivity index (χ0n) is 12.7. The van der Waals surface area contributed by atoms with Crippen molar-refractivity contribution in [1.29, 1.82) is 0 Å². The van der Waals surface area contributed by atoms with E-state index >= 15 is 0 Å². The van der Waals surface area contributed by atoms with Gasteiger partial charge in [0.15, 0.2) is 8.24 Å². The van der Waals surface area contributed by atoms with Gasteiger partial charge in [-0.25, -0.2) is 0 Å². The van der Waals surface area contributed by atoms with Crippen molar-refractivity contribution in [3.63, 3.8) is 0 Å². The molecule has 1 aliphatic heterocycles. The van der Waals surface area contributed by atoms with E-state index in [1.807, 2.05) is 13.8 Å². The Kier molecular flexibility index (Phi) is 4.68. The van der Waals surface area contributed by atoms with Gasteiger partial charge in [-0.1, -0.05) is 5.57 Å². The molecule has 0 radical (unpaired) electrons. The molecule has 0 saturated carbocycles. The number of aromatic nitrogens is 2. The smallest absolute Gasteiger partial charge is 0.176 e. The lowest BCUT2D eigenvalue weighted by molar-refractivity contribution is 0.881. The third-order valence-electron chi connectivity index (χ3n) is 2.68. The van der Waals surface area contributed by atoms with Crippen molar-refractivity contribution in [3.8, 4) is 0 Å². The molecule has 0 fully saturated rings. The van der Waals surface area contributed by atoms with E-state index in [4.69, 9.17) is 0 Å². The van der Waals surface area contributed by atoms with Crippen LogP contribution in [0.4, 0.5) is 0 Å². The van der Waals surface area contributed by atoms with E-state index in [0.717, 1.165) is 18.0 Å². The highest BCUT2D eigenvalue weighted by molar-refractivity contribution is 6.74. The Bertz CT molecular complexity index is 476. The van der Waals surface area contributed by atoms with Gasteiger partial charge in [0.1, 0.15) is 0 Å². The Morgan fingerprint density at radius 2 is 1.72 bits per heavy atom. The van der Waals surface area contributed by atoms with Crippen LogP contribution in [0, 0.1) is 13.8 Å². The summed E-state index contributed by atoms with van der Waals surface area (Å²) in [4.78, 5) is 4.14. The third kappa shape index (κ3) is 4.26. The van der Waals surface area contributed by atoms with Gasteiger partial charge in [0.25, 0.3) is 0 Å². The molecule has 4 heteroatoms. The highest BCUT2D eigenvalue weighted by Crippen LogP contribution is 2.10. The number of allylic oxidation sites excluding steroid dienone is 1. The topological polar surface area (TPSA) is 30.2 Å². The van der Waals surface area contributed by atoms with E-state index in [1.54, 1.807) is 0 Å². The first-order valence-electron chi connectivity index (χ1n) is 6.42. The number of rotatable bonds is 1. The second-order valence-electron chi connectivity index (χ2n) is 5.96. The van der Waals surface area contributed by atoms with Gasteiger partial charge >= 0.3 is 0 Å². The summed E-state index contributed by atoms with van der Waals surface area (Å²) in [7, 11) is -1.25. The summed E-state index contributed by atoms with van der Waals surface area (Å²) in [5.41, 5.74) is 4.96. The van der Waals surface area contributed by atoms with Gasteiger partial charge in [0.05, 0.1) is 12.2 Å². The van der Waals surface area contributed by atoms with E-state index in [9.17, 15) is 0 Å². The fraction of sp³-hybridized carbons (Fsp3) is 0.571. The van der Waals surface area contributed by atoms with Crippen LogP contribution in [-0.4, -0.2) is 29.9 Å². The Labute approximate surface area is 112 Å². The fourth-order valence-electron chi connectivity index (χ4n) is 2.01. The molecule has 1 aromatic heterocycles. The van der Waals surface area contributed by atoms with Crippen molar-refractivity contribution in [2.45, 2.75) is 47.3 Å². The van der Waals surface area contributed by atoms with Crippen LogP contribution < -0.4 is 0 Å². The number of aryl methyl sites for hydroxylation is 2. The Morgan fingerprint density at radius 1 is 1.11 bits per heavy atom. The monoisotopic (exact) mass is 263 g/mol. The second kappa shape index (κ2) is 5.65. The molecule has 18 heavy (non-hydrogen) atoms. The lowest BCUT2D eigenvalue weighted by atomic mass is 10.3. The lowest BCUT2D eigenvalue weighted by Gasteiger charge is -2.18. The molecule has 0 unspecified atom stereocenters. The van der Waals surface area contributed by atoms with Crippen molar-refractivity contribution in [3.05, 3.63) is 29.1 Å². The van der Waals surface area contributed by atoms with Crippen LogP contribution >= 0.6 is 0 Å². The molecular weight excluding hydrogens is 238 g/mol. The minimum absolute atomic E-state index is 0.922. The number of nitrogens with zero attached hydrogens (tertiary/aromatic N) is 3. The molecule has 0 spiro atoms. The summed E-state index contributed by atoms with van der Waals surface area (Å²) in [6.45, 7) is 16.1. The lowest BCUT2D eigenvalue weighted by Crippen LogP contribution is -2.34. The van der Waals surface area contributed by atoms with Gasteiger partial charge in [0.2, 0.25) is 0 Å². The number of aliphatic imine (C=N–C) groups is 1. The van der Waals surface area contributed by atoms with Gasteiger partial charge in [-0.05, 0) is 59.5 Å². The van der Waals surface area contributed by atoms with Crippen molar-refractivity contribution in [2.75, 3.05) is 6.54 Å². The van der Waals surface area contributed by atoms with Crippen LogP contribution in [0.15, 0.2) is 22.7 Å². The largest absolute Gasteiger partial charge is 0.299 e. The Balaban J connectivity index is 0.000000199. The molecule has 3 nitrogen and oxygen atoms in total. The van der Waals surface area contributed by atoms with E-state index in [-0.39, 0.29) is 0 Å². The van der Waals surface area contributed by atoms with Gasteiger partial charge in [-0.15, -0.1) is 0 Å². The second-order valence-corrected chi connectivity index (χ2v) is 10.7. The van der Waals surface area contributed by atoms with Crippen LogP contribution in [0.3, 0.4) is 0 Å². The molecule has 0 amide bonds. The first kappa shape index (κ1) is 14.9. The highest BCUT2D eigenvalue weighted by Gasteiger charge is 2.19. The first-order chi connectivity index (χ1) is 8.20. The summed E-state index contributed by atoms with van der Waals surface area (Å²) >= 11 is 0. The molecule has 0 atom stereocenters. The molecule has 0 bridgehead atoms. The molecule has 1 aromatic rings. The molecule has 0 N–H and O–H groups in total. The summed E-state index contributed by atoms with van der Waals surface area (Å²) in [5, 5.41) is 4.46. The van der Waals surface area contributed by atoms with Gasteiger partial charge in [0, 0.05) is 11.4 Å². The van der Waals surface area contributed by atoms with Crippen molar-refractivity contribution >= 4 is 13.9 Å². The van der Waals surface area contributed by atoms with E-state index in [2.05, 4.69) is 60.1 Å². The summed E-state index contributed by atoms with van der Waals surface area (Å²) in [5.74, 6) is 0. The first-order valence-corrected chi connectivity index (χ1v) is 9.87. The van der Waals surface area contributed by atoms with Gasteiger partial charge in [-0.3, -0.25) is 9.34 Å². The predicted octanol–water partition coefficient (Wildman–Crippen LogP) is 3.59. The average Bonchev–Trinajstić information content (AvgIpc) is 2.72. The molecular formula is C14H25N3Si. The number of hydrogen-bond acceptors (Lipinski definition) is 2. The average molecular weight is 263 g/mol. The van der Waals surface area contributed by atoms with E-state index < -0.39 is 8.24 Å². The molecule has 2 heterocycles. The zero-order valence-corrected chi connectivity index (χ0v) is 13.7. The fourth-order valence-corrected chi connectivity index (χ4v) is 3.59. The van der Waals surface area contributed by atoms with Crippen LogP contribution in [-0.2, 0) is 0 Å². The molecule has 0 aromatic carbocycles. The van der Waals surface area contributed by atoms with Crippen molar-refractivity contribution < 1.29 is 0 Å². The normalized spacial score (nSPS) is 14.8. The van der Waals surface area contributed by atoms with Gasteiger partial charge < -0.3 is 0 Å². The van der Waals surface area contributed by atoms with E-state index in [1.165, 1.54) is 11.3 Å². The molecule has 1 aliphatic rings. The SMILES string of the molecule is CC1=CC(C)=NC1.Cc1cc(C)n([Si](C)(C)C)n1. The summed E-state index contributed by atoms with van der Waals surface area (Å²) < 4.78 is 2.20. The maximum atomic E-state index is 4.46. The van der Waals surface area contributed by atoms with E-state index in [0.29, 0.717) is 0 Å². The van der Waals surface area contributed by atoms with Crippen LogP contribution in [0.2, 0.25) is 19.6 Å². The Hall–Kier alpha value is -1.16. The molecule has 0 aliphatic carbocycles. The minimum atomic E-state index is -1.25. The van der Waals surface area contributed by atoms with Crippen LogP contribution in [0.1, 0.15) is 25.2 Å². The number of hydrogen-bond donors (Lipinski definition) is 0.